The molecule has 0 spiro atoms. The van der Waals surface area contributed by atoms with Crippen LogP contribution in [0.25, 0.3) is 0 Å². The molecule has 0 saturated carbocycles. The number of aryl methyl sites for hydroxylation is 1. The summed E-state index contributed by atoms with van der Waals surface area (Å²) < 4.78 is 12.6. The van der Waals surface area contributed by atoms with Gasteiger partial charge in [-0.2, -0.15) is 5.10 Å². The predicted molar refractivity (Wildman–Crippen MR) is 116 cm³/mol. The van der Waals surface area contributed by atoms with E-state index in [1.54, 1.807) is 13.2 Å². The first kappa shape index (κ1) is 21.1. The number of methoxy groups -OCH3 is 1. The van der Waals surface area contributed by atoms with Crippen molar-refractivity contribution < 1.29 is 14.1 Å². The Labute approximate surface area is 182 Å². The largest absolute Gasteiger partial charge is 0.496 e. The molecule has 1 saturated heterocycles. The van der Waals surface area contributed by atoms with Gasteiger partial charge in [-0.1, -0.05) is 23.4 Å². The standard InChI is InChI=1S/C23H29N5O3/c1-16-19(14-25-27(16)2)15-28-10-8-17(9-11-28)20-12-22(31-26-20)23(29)24-13-18-6-4-5-7-21(18)30-3/h4-7,12,14,17H,8-11,13,15H2,1-3H3,(H,24,29). The summed E-state index contributed by atoms with van der Waals surface area (Å²) in [5.41, 5.74) is 4.26. The van der Waals surface area contributed by atoms with Gasteiger partial charge in [0.1, 0.15) is 5.75 Å². The van der Waals surface area contributed by atoms with Gasteiger partial charge in [-0.05, 0) is 38.9 Å². The van der Waals surface area contributed by atoms with E-state index in [1.165, 1.54) is 11.3 Å². The fourth-order valence-corrected chi connectivity index (χ4v) is 4.03. The molecule has 0 unspecified atom stereocenters. The average Bonchev–Trinajstić information content (AvgIpc) is 3.41. The summed E-state index contributed by atoms with van der Waals surface area (Å²) in [5, 5.41) is 11.4. The van der Waals surface area contributed by atoms with Crippen LogP contribution in [0.3, 0.4) is 0 Å². The number of carbonyl (C=O) groups excluding carboxylic acids is 1. The number of rotatable bonds is 7. The van der Waals surface area contributed by atoms with Crippen molar-refractivity contribution >= 4 is 5.91 Å². The number of aromatic nitrogens is 3. The molecule has 164 valence electrons. The molecule has 0 atom stereocenters. The zero-order chi connectivity index (χ0) is 21.8. The highest BCUT2D eigenvalue weighted by molar-refractivity contribution is 5.91. The van der Waals surface area contributed by atoms with Gasteiger partial charge in [0.25, 0.3) is 5.91 Å². The average molecular weight is 424 g/mol. The monoisotopic (exact) mass is 423 g/mol. The number of nitrogens with zero attached hydrogens (tertiary/aromatic N) is 4. The molecule has 3 heterocycles. The summed E-state index contributed by atoms with van der Waals surface area (Å²) in [6.07, 6.45) is 3.94. The lowest BCUT2D eigenvalue weighted by molar-refractivity contribution is 0.0913. The number of ether oxygens (including phenoxy) is 1. The van der Waals surface area contributed by atoms with E-state index in [9.17, 15) is 4.79 Å². The minimum Gasteiger partial charge on any atom is -0.496 e. The first-order chi connectivity index (χ1) is 15.0. The zero-order valence-electron chi connectivity index (χ0n) is 18.3. The van der Waals surface area contributed by atoms with Gasteiger partial charge in [0, 0.05) is 48.9 Å². The number of carbonyl (C=O) groups is 1. The minimum atomic E-state index is -0.269. The Kier molecular flexibility index (Phi) is 6.36. The van der Waals surface area contributed by atoms with Crippen molar-refractivity contribution in [1.29, 1.82) is 0 Å². The van der Waals surface area contributed by atoms with E-state index < -0.39 is 0 Å². The van der Waals surface area contributed by atoms with Crippen LogP contribution in [0.4, 0.5) is 0 Å². The van der Waals surface area contributed by atoms with Crippen LogP contribution >= 0.6 is 0 Å². The maximum Gasteiger partial charge on any atom is 0.290 e. The summed E-state index contributed by atoms with van der Waals surface area (Å²) in [6, 6.07) is 9.39. The van der Waals surface area contributed by atoms with Crippen molar-refractivity contribution in [2.24, 2.45) is 7.05 Å². The van der Waals surface area contributed by atoms with Crippen molar-refractivity contribution in [2.75, 3.05) is 20.2 Å². The van der Waals surface area contributed by atoms with E-state index in [0.29, 0.717) is 12.5 Å². The molecule has 1 aliphatic rings. The molecule has 2 aromatic heterocycles. The molecule has 4 rings (SSSR count). The number of likely N-dealkylation sites (tertiary alicyclic amines) is 1. The van der Waals surface area contributed by atoms with Gasteiger partial charge in [0.05, 0.1) is 19.0 Å². The number of piperidine rings is 1. The highest BCUT2D eigenvalue weighted by Crippen LogP contribution is 2.28. The maximum atomic E-state index is 12.5. The molecule has 0 radical (unpaired) electrons. The lowest BCUT2D eigenvalue weighted by Gasteiger charge is -2.30. The van der Waals surface area contributed by atoms with Gasteiger partial charge in [-0.3, -0.25) is 14.4 Å². The molecule has 0 aliphatic carbocycles. The van der Waals surface area contributed by atoms with Crippen LogP contribution in [0, 0.1) is 6.92 Å². The van der Waals surface area contributed by atoms with Crippen molar-refractivity contribution in [3.8, 4) is 5.75 Å². The van der Waals surface area contributed by atoms with Crippen molar-refractivity contribution in [3.63, 3.8) is 0 Å². The van der Waals surface area contributed by atoms with Gasteiger partial charge in [-0.25, -0.2) is 0 Å². The van der Waals surface area contributed by atoms with Gasteiger partial charge in [-0.15, -0.1) is 0 Å². The third kappa shape index (κ3) is 4.80. The molecule has 1 aliphatic heterocycles. The Balaban J connectivity index is 1.30. The minimum absolute atomic E-state index is 0.248. The van der Waals surface area contributed by atoms with Crippen LogP contribution in [0.2, 0.25) is 0 Å². The summed E-state index contributed by atoms with van der Waals surface area (Å²) in [5.74, 6) is 1.03. The highest BCUT2D eigenvalue weighted by atomic mass is 16.5. The summed E-state index contributed by atoms with van der Waals surface area (Å²) in [4.78, 5) is 14.9. The lowest BCUT2D eigenvalue weighted by atomic mass is 9.93. The fourth-order valence-electron chi connectivity index (χ4n) is 4.03. The van der Waals surface area contributed by atoms with E-state index in [4.69, 9.17) is 9.26 Å². The van der Waals surface area contributed by atoms with Gasteiger partial charge < -0.3 is 14.6 Å². The first-order valence-electron chi connectivity index (χ1n) is 10.6. The molecule has 1 amide bonds. The first-order valence-corrected chi connectivity index (χ1v) is 10.6. The van der Waals surface area contributed by atoms with Gasteiger partial charge in [0.15, 0.2) is 0 Å². The quantitative estimate of drug-likeness (QED) is 0.629. The number of hydrogen-bond acceptors (Lipinski definition) is 6. The Hall–Kier alpha value is -3.13. The van der Waals surface area contributed by atoms with Crippen LogP contribution in [-0.2, 0) is 20.1 Å². The zero-order valence-corrected chi connectivity index (χ0v) is 18.3. The van der Waals surface area contributed by atoms with E-state index in [2.05, 4.69) is 27.4 Å². The molecular formula is C23H29N5O3. The van der Waals surface area contributed by atoms with E-state index in [-0.39, 0.29) is 11.7 Å². The second-order valence-electron chi connectivity index (χ2n) is 8.04. The molecule has 3 aromatic rings. The third-order valence-electron chi connectivity index (χ3n) is 6.12. The second-order valence-corrected chi connectivity index (χ2v) is 8.04. The van der Waals surface area contributed by atoms with Crippen LogP contribution in [-0.4, -0.2) is 45.9 Å². The number of benzene rings is 1. The SMILES string of the molecule is COc1ccccc1CNC(=O)c1cc(C2CCN(Cc3cnn(C)c3C)CC2)no1. The molecular weight excluding hydrogens is 394 g/mol. The topological polar surface area (TPSA) is 85.4 Å². The predicted octanol–water partition coefficient (Wildman–Crippen LogP) is 3.03. The van der Waals surface area contributed by atoms with Crippen LogP contribution in [0.15, 0.2) is 41.1 Å². The number of para-hydroxylation sites is 1. The van der Waals surface area contributed by atoms with Gasteiger partial charge >= 0.3 is 0 Å². The fraction of sp³-hybridized carbons (Fsp3) is 0.435. The molecule has 1 N–H and O–H groups in total. The Morgan fingerprint density at radius 2 is 2.03 bits per heavy atom. The van der Waals surface area contributed by atoms with E-state index in [1.807, 2.05) is 42.2 Å². The van der Waals surface area contributed by atoms with Crippen molar-refractivity contribution in [3.05, 3.63) is 64.8 Å². The van der Waals surface area contributed by atoms with E-state index >= 15 is 0 Å². The Morgan fingerprint density at radius 3 is 2.74 bits per heavy atom. The van der Waals surface area contributed by atoms with Crippen LogP contribution in [0.5, 0.6) is 5.75 Å². The van der Waals surface area contributed by atoms with Gasteiger partial charge in [0.2, 0.25) is 5.76 Å². The number of nitrogens with one attached hydrogen (secondary N) is 1. The van der Waals surface area contributed by atoms with Crippen molar-refractivity contribution in [2.45, 2.75) is 38.8 Å². The van der Waals surface area contributed by atoms with Crippen LogP contribution in [0.1, 0.15) is 51.8 Å². The normalized spacial score (nSPS) is 15.2. The van der Waals surface area contributed by atoms with Crippen LogP contribution < -0.4 is 10.1 Å². The molecule has 8 heteroatoms. The number of hydrogen-bond donors (Lipinski definition) is 1. The molecule has 0 bridgehead atoms. The Bertz CT molecular complexity index is 1030. The summed E-state index contributed by atoms with van der Waals surface area (Å²) in [6.45, 7) is 5.36. The van der Waals surface area contributed by atoms with Crippen molar-refractivity contribution in [1.82, 2.24) is 25.2 Å². The molecule has 31 heavy (non-hydrogen) atoms. The summed E-state index contributed by atoms with van der Waals surface area (Å²) in [7, 11) is 3.59. The molecule has 1 fully saturated rings. The van der Waals surface area contributed by atoms with E-state index in [0.717, 1.165) is 49.5 Å². The maximum absolute atomic E-state index is 12.5. The summed E-state index contributed by atoms with van der Waals surface area (Å²) >= 11 is 0. The smallest absolute Gasteiger partial charge is 0.290 e. The lowest BCUT2D eigenvalue weighted by Crippen LogP contribution is -2.32. The second kappa shape index (κ2) is 9.34. The molecule has 1 aromatic carbocycles. The third-order valence-corrected chi connectivity index (χ3v) is 6.12. The number of amides is 1. The molecule has 8 nitrogen and oxygen atoms in total. The highest BCUT2D eigenvalue weighted by Gasteiger charge is 2.25. The Morgan fingerprint density at radius 1 is 1.26 bits per heavy atom.